The number of carbonyl (C=O) groups is 1. The van der Waals surface area contributed by atoms with Crippen molar-refractivity contribution >= 4 is 23.4 Å². The maximum Gasteiger partial charge on any atom is 0.240 e. The standard InChI is InChI=1S/C14H16N2OS/c1-3-12-14(17)16(9-10(2)8-15)11-6-4-5-7-13(11)18-12/h4-7,10,12H,3,9H2,1-2H3. The molecule has 0 N–H and O–H groups in total. The number of nitrogens with zero attached hydrogens (tertiary/aromatic N) is 2. The van der Waals surface area contributed by atoms with Crippen LogP contribution in [0.1, 0.15) is 20.3 Å². The number of carbonyl (C=O) groups excluding carboxylic acids is 1. The average Bonchev–Trinajstić information content (AvgIpc) is 2.41. The Morgan fingerprint density at radius 1 is 1.50 bits per heavy atom. The molecule has 0 bridgehead atoms. The van der Waals surface area contributed by atoms with Crippen LogP contribution in [0.15, 0.2) is 29.2 Å². The molecule has 2 unspecified atom stereocenters. The molecule has 0 saturated heterocycles. The van der Waals surface area contributed by atoms with Crippen molar-refractivity contribution in [3.05, 3.63) is 24.3 Å². The van der Waals surface area contributed by atoms with Crippen molar-refractivity contribution < 1.29 is 4.79 Å². The van der Waals surface area contributed by atoms with Gasteiger partial charge >= 0.3 is 0 Å². The number of fused-ring (bicyclic) bond motifs is 1. The van der Waals surface area contributed by atoms with E-state index in [1.54, 1.807) is 16.7 Å². The summed E-state index contributed by atoms with van der Waals surface area (Å²) in [5.41, 5.74) is 0.944. The molecule has 0 fully saturated rings. The molecule has 1 aromatic carbocycles. The summed E-state index contributed by atoms with van der Waals surface area (Å²) in [6, 6.07) is 10.1. The van der Waals surface area contributed by atoms with Crippen LogP contribution >= 0.6 is 11.8 Å². The Bertz CT molecular complexity index is 495. The number of benzene rings is 1. The van der Waals surface area contributed by atoms with Crippen LogP contribution in [0.3, 0.4) is 0 Å². The molecule has 2 atom stereocenters. The van der Waals surface area contributed by atoms with E-state index in [2.05, 4.69) is 6.07 Å². The first-order valence-corrected chi connectivity index (χ1v) is 7.02. The van der Waals surface area contributed by atoms with Crippen LogP contribution in [-0.4, -0.2) is 17.7 Å². The number of nitriles is 1. The van der Waals surface area contributed by atoms with Crippen molar-refractivity contribution in [1.29, 1.82) is 5.26 Å². The Labute approximate surface area is 112 Å². The van der Waals surface area contributed by atoms with Gasteiger partial charge in [0.15, 0.2) is 0 Å². The summed E-state index contributed by atoms with van der Waals surface area (Å²) >= 11 is 1.63. The highest BCUT2D eigenvalue weighted by Gasteiger charge is 2.32. The summed E-state index contributed by atoms with van der Waals surface area (Å²) in [4.78, 5) is 15.3. The molecule has 3 nitrogen and oxygen atoms in total. The maximum atomic E-state index is 12.4. The first-order chi connectivity index (χ1) is 8.67. The second-order valence-corrected chi connectivity index (χ2v) is 5.71. The number of amides is 1. The van der Waals surface area contributed by atoms with Crippen molar-refractivity contribution in [3.8, 4) is 6.07 Å². The summed E-state index contributed by atoms with van der Waals surface area (Å²) in [7, 11) is 0. The fourth-order valence-electron chi connectivity index (χ4n) is 2.04. The number of anilines is 1. The van der Waals surface area contributed by atoms with Gasteiger partial charge in [-0.05, 0) is 25.5 Å². The molecule has 4 heteroatoms. The summed E-state index contributed by atoms with van der Waals surface area (Å²) in [5, 5.41) is 8.91. The smallest absolute Gasteiger partial charge is 0.240 e. The first kappa shape index (κ1) is 13.0. The van der Waals surface area contributed by atoms with Gasteiger partial charge in [-0.1, -0.05) is 19.1 Å². The zero-order valence-electron chi connectivity index (χ0n) is 10.6. The van der Waals surface area contributed by atoms with Crippen molar-refractivity contribution in [1.82, 2.24) is 0 Å². The van der Waals surface area contributed by atoms with Crippen LogP contribution in [0.25, 0.3) is 0 Å². The average molecular weight is 260 g/mol. The van der Waals surface area contributed by atoms with Gasteiger partial charge in [0.05, 0.1) is 22.9 Å². The fourth-order valence-corrected chi connectivity index (χ4v) is 3.19. The number of rotatable bonds is 3. The minimum atomic E-state index is -0.150. The molecule has 18 heavy (non-hydrogen) atoms. The molecule has 1 aromatic rings. The van der Waals surface area contributed by atoms with E-state index >= 15 is 0 Å². The topological polar surface area (TPSA) is 44.1 Å². The van der Waals surface area contributed by atoms with Crippen molar-refractivity contribution in [2.75, 3.05) is 11.4 Å². The van der Waals surface area contributed by atoms with Crippen LogP contribution in [0.2, 0.25) is 0 Å². The minimum absolute atomic E-state index is 0.0224. The van der Waals surface area contributed by atoms with E-state index in [-0.39, 0.29) is 17.1 Å². The monoisotopic (exact) mass is 260 g/mol. The molecule has 1 aliphatic rings. The van der Waals surface area contributed by atoms with E-state index in [0.717, 1.165) is 17.0 Å². The number of thioether (sulfide) groups is 1. The third kappa shape index (κ3) is 2.37. The molecule has 1 aliphatic heterocycles. The highest BCUT2D eigenvalue weighted by atomic mass is 32.2. The Morgan fingerprint density at radius 2 is 2.22 bits per heavy atom. The molecule has 0 spiro atoms. The highest BCUT2D eigenvalue weighted by molar-refractivity contribution is 8.01. The minimum Gasteiger partial charge on any atom is -0.309 e. The van der Waals surface area contributed by atoms with E-state index in [9.17, 15) is 4.79 Å². The SMILES string of the molecule is CCC1Sc2ccccc2N(CC(C)C#N)C1=O. The van der Waals surface area contributed by atoms with Gasteiger partial charge < -0.3 is 4.90 Å². The van der Waals surface area contributed by atoms with E-state index in [1.807, 2.05) is 38.1 Å². The second kappa shape index (κ2) is 5.45. The number of hydrogen-bond acceptors (Lipinski definition) is 3. The summed E-state index contributed by atoms with van der Waals surface area (Å²) in [6.07, 6.45) is 0.815. The molecule has 0 aromatic heterocycles. The molecular formula is C14H16N2OS. The lowest BCUT2D eigenvalue weighted by molar-refractivity contribution is -0.118. The third-order valence-corrected chi connectivity index (χ3v) is 4.43. The van der Waals surface area contributed by atoms with E-state index < -0.39 is 0 Å². The van der Waals surface area contributed by atoms with Crippen LogP contribution in [0.5, 0.6) is 0 Å². The lowest BCUT2D eigenvalue weighted by atomic mass is 10.1. The van der Waals surface area contributed by atoms with E-state index in [1.165, 1.54) is 0 Å². The molecule has 1 amide bonds. The van der Waals surface area contributed by atoms with Crippen LogP contribution in [0, 0.1) is 17.2 Å². The molecular weight excluding hydrogens is 244 g/mol. The zero-order chi connectivity index (χ0) is 13.1. The Kier molecular flexibility index (Phi) is 3.93. The zero-order valence-corrected chi connectivity index (χ0v) is 11.4. The van der Waals surface area contributed by atoms with Gasteiger partial charge in [-0.15, -0.1) is 11.8 Å². The molecule has 0 aliphatic carbocycles. The summed E-state index contributed by atoms with van der Waals surface area (Å²) < 4.78 is 0. The molecule has 2 rings (SSSR count). The molecule has 0 radical (unpaired) electrons. The van der Waals surface area contributed by atoms with Gasteiger partial charge in [0, 0.05) is 11.4 Å². The lowest BCUT2D eigenvalue weighted by Crippen LogP contribution is -2.42. The summed E-state index contributed by atoms with van der Waals surface area (Å²) in [5.74, 6) is -0.0223. The fraction of sp³-hybridized carbons (Fsp3) is 0.429. The highest BCUT2D eigenvalue weighted by Crippen LogP contribution is 2.40. The second-order valence-electron chi connectivity index (χ2n) is 4.46. The predicted octanol–water partition coefficient (Wildman–Crippen LogP) is 3.06. The molecule has 94 valence electrons. The van der Waals surface area contributed by atoms with Gasteiger partial charge in [0.25, 0.3) is 0 Å². The van der Waals surface area contributed by atoms with Gasteiger partial charge in [0.1, 0.15) is 0 Å². The largest absolute Gasteiger partial charge is 0.309 e. The van der Waals surface area contributed by atoms with E-state index in [0.29, 0.717) is 6.54 Å². The van der Waals surface area contributed by atoms with Gasteiger partial charge in [0.2, 0.25) is 5.91 Å². The Morgan fingerprint density at radius 3 is 2.89 bits per heavy atom. The number of para-hydroxylation sites is 1. The maximum absolute atomic E-state index is 12.4. The Hall–Kier alpha value is -1.47. The van der Waals surface area contributed by atoms with Crippen molar-refractivity contribution in [2.45, 2.75) is 30.4 Å². The van der Waals surface area contributed by atoms with Crippen LogP contribution in [0.4, 0.5) is 5.69 Å². The normalized spacial score (nSPS) is 20.2. The Balaban J connectivity index is 2.36. The third-order valence-electron chi connectivity index (χ3n) is 3.01. The van der Waals surface area contributed by atoms with Gasteiger partial charge in [-0.3, -0.25) is 4.79 Å². The predicted molar refractivity (Wildman–Crippen MR) is 73.5 cm³/mol. The van der Waals surface area contributed by atoms with Gasteiger partial charge in [-0.2, -0.15) is 5.26 Å². The lowest BCUT2D eigenvalue weighted by Gasteiger charge is -2.33. The van der Waals surface area contributed by atoms with Crippen molar-refractivity contribution in [2.24, 2.45) is 5.92 Å². The van der Waals surface area contributed by atoms with Crippen LogP contribution in [-0.2, 0) is 4.79 Å². The van der Waals surface area contributed by atoms with Gasteiger partial charge in [-0.25, -0.2) is 0 Å². The van der Waals surface area contributed by atoms with Crippen molar-refractivity contribution in [3.63, 3.8) is 0 Å². The first-order valence-electron chi connectivity index (χ1n) is 6.14. The number of hydrogen-bond donors (Lipinski definition) is 0. The van der Waals surface area contributed by atoms with Crippen LogP contribution < -0.4 is 4.90 Å². The summed E-state index contributed by atoms with van der Waals surface area (Å²) in [6.45, 7) is 4.34. The quantitative estimate of drug-likeness (QED) is 0.839. The molecule has 1 heterocycles. The van der Waals surface area contributed by atoms with E-state index in [4.69, 9.17) is 5.26 Å². The molecule has 0 saturated carbocycles.